The lowest BCUT2D eigenvalue weighted by Crippen LogP contribution is -2.53. The summed E-state index contributed by atoms with van der Waals surface area (Å²) in [7, 11) is 0. The molecule has 1 fully saturated rings. The van der Waals surface area contributed by atoms with Gasteiger partial charge in [-0.05, 0) is 18.8 Å². The van der Waals surface area contributed by atoms with Crippen molar-refractivity contribution < 1.29 is 9.90 Å². The Hall–Kier alpha value is -0.610. The lowest BCUT2D eigenvalue weighted by molar-refractivity contribution is -0.121. The Morgan fingerprint density at radius 1 is 1.69 bits per heavy atom. The van der Waals surface area contributed by atoms with Crippen molar-refractivity contribution in [3.8, 4) is 0 Å². The molecule has 0 saturated heterocycles. The lowest BCUT2D eigenvalue weighted by Gasteiger charge is -2.40. The van der Waals surface area contributed by atoms with E-state index in [9.17, 15) is 9.90 Å². The van der Waals surface area contributed by atoms with E-state index >= 15 is 0 Å². The average molecular weight is 228 g/mol. The summed E-state index contributed by atoms with van der Waals surface area (Å²) in [5, 5.41) is 12.9. The zero-order valence-corrected chi connectivity index (χ0v) is 10.3. The molecule has 4 nitrogen and oxygen atoms in total. The number of nitrogens with one attached hydrogen (secondary N) is 1. The van der Waals surface area contributed by atoms with Crippen LogP contribution in [-0.4, -0.2) is 29.7 Å². The molecule has 1 saturated carbocycles. The van der Waals surface area contributed by atoms with Crippen molar-refractivity contribution in [3.63, 3.8) is 0 Å². The van der Waals surface area contributed by atoms with Gasteiger partial charge >= 0.3 is 0 Å². The zero-order chi connectivity index (χ0) is 12.2. The summed E-state index contributed by atoms with van der Waals surface area (Å²) >= 11 is 0. The number of nitrogens with two attached hydrogens (primary N) is 1. The summed E-state index contributed by atoms with van der Waals surface area (Å²) in [4.78, 5) is 10.9. The van der Waals surface area contributed by atoms with Crippen LogP contribution in [0.4, 0.5) is 0 Å². The van der Waals surface area contributed by atoms with Crippen LogP contribution in [0, 0.1) is 11.8 Å². The molecular weight excluding hydrogens is 204 g/mol. The Bertz CT molecular complexity index is 245. The van der Waals surface area contributed by atoms with E-state index in [-0.39, 0.29) is 24.0 Å². The molecule has 3 unspecified atom stereocenters. The summed E-state index contributed by atoms with van der Waals surface area (Å²) in [5.74, 6) is 0.169. The second-order valence-corrected chi connectivity index (χ2v) is 5.32. The number of rotatable bonds is 5. The van der Waals surface area contributed by atoms with E-state index in [4.69, 9.17) is 5.73 Å². The number of carbonyl (C=O) groups is 1. The molecule has 1 aliphatic carbocycles. The van der Waals surface area contributed by atoms with Gasteiger partial charge in [0.25, 0.3) is 0 Å². The number of aliphatic hydroxyl groups excluding tert-OH is 1. The van der Waals surface area contributed by atoms with Crippen LogP contribution in [-0.2, 0) is 4.79 Å². The van der Waals surface area contributed by atoms with Crippen molar-refractivity contribution in [2.45, 2.75) is 45.1 Å². The molecule has 3 atom stereocenters. The van der Waals surface area contributed by atoms with E-state index in [0.717, 1.165) is 19.3 Å². The number of aliphatic hydroxyl groups is 1. The first-order valence-corrected chi connectivity index (χ1v) is 6.14. The van der Waals surface area contributed by atoms with Gasteiger partial charge in [0.2, 0.25) is 5.91 Å². The second-order valence-electron chi connectivity index (χ2n) is 5.32. The predicted octanol–water partition coefficient (Wildman–Crippen LogP) is 0.639. The van der Waals surface area contributed by atoms with E-state index in [1.54, 1.807) is 0 Å². The van der Waals surface area contributed by atoms with Gasteiger partial charge in [0.1, 0.15) is 0 Å². The molecule has 0 heterocycles. The third-order valence-corrected chi connectivity index (χ3v) is 3.66. The maximum atomic E-state index is 10.9. The smallest absolute Gasteiger partial charge is 0.221 e. The first-order chi connectivity index (χ1) is 7.49. The Morgan fingerprint density at radius 2 is 2.38 bits per heavy atom. The van der Waals surface area contributed by atoms with Gasteiger partial charge in [-0.1, -0.05) is 26.7 Å². The van der Waals surface area contributed by atoms with Gasteiger partial charge in [-0.25, -0.2) is 0 Å². The zero-order valence-electron chi connectivity index (χ0n) is 10.3. The fourth-order valence-electron chi connectivity index (χ4n) is 2.49. The molecule has 0 aromatic carbocycles. The molecule has 1 aliphatic rings. The Kier molecular flexibility index (Phi) is 4.74. The minimum Gasteiger partial charge on any atom is -0.394 e. The van der Waals surface area contributed by atoms with Crippen molar-refractivity contribution in [3.05, 3.63) is 0 Å². The first-order valence-electron chi connectivity index (χ1n) is 6.14. The summed E-state index contributed by atoms with van der Waals surface area (Å²) in [6.07, 6.45) is 4.34. The molecule has 0 aromatic heterocycles. The number of hydrogen-bond acceptors (Lipinski definition) is 3. The quantitative estimate of drug-likeness (QED) is 0.646. The van der Waals surface area contributed by atoms with Crippen LogP contribution in [0.25, 0.3) is 0 Å². The molecule has 16 heavy (non-hydrogen) atoms. The molecule has 1 rings (SSSR count). The van der Waals surface area contributed by atoms with Gasteiger partial charge in [-0.15, -0.1) is 0 Å². The third kappa shape index (κ3) is 3.46. The third-order valence-electron chi connectivity index (χ3n) is 3.66. The maximum absolute atomic E-state index is 10.9. The number of hydrogen-bond donors (Lipinski definition) is 3. The van der Waals surface area contributed by atoms with Gasteiger partial charge in [0, 0.05) is 18.0 Å². The minimum absolute atomic E-state index is 0.142. The van der Waals surface area contributed by atoms with Gasteiger partial charge in [-0.3, -0.25) is 4.79 Å². The molecule has 4 N–H and O–H groups in total. The summed E-state index contributed by atoms with van der Waals surface area (Å²) in [6, 6.07) is 0. The molecular formula is C12H24N2O2. The molecule has 94 valence electrons. The van der Waals surface area contributed by atoms with Crippen molar-refractivity contribution in [1.29, 1.82) is 0 Å². The standard InChI is InChI=1S/C12H24N2O2/c1-9-4-3-5-12(6-9,8-15)14-7-10(2)11(13)16/h9-10,14-15H,3-8H2,1-2H3,(H2,13,16). The van der Waals surface area contributed by atoms with Crippen molar-refractivity contribution in [2.24, 2.45) is 17.6 Å². The number of primary amides is 1. The molecule has 0 aliphatic heterocycles. The van der Waals surface area contributed by atoms with E-state index < -0.39 is 0 Å². The van der Waals surface area contributed by atoms with Gasteiger partial charge in [0.15, 0.2) is 0 Å². The van der Waals surface area contributed by atoms with Gasteiger partial charge in [-0.2, -0.15) is 0 Å². The van der Waals surface area contributed by atoms with E-state index in [0.29, 0.717) is 12.5 Å². The van der Waals surface area contributed by atoms with E-state index in [2.05, 4.69) is 12.2 Å². The number of carbonyl (C=O) groups excluding carboxylic acids is 1. The Labute approximate surface area is 97.6 Å². The molecule has 0 bridgehead atoms. The molecule has 0 radical (unpaired) electrons. The van der Waals surface area contributed by atoms with Crippen LogP contribution in [0.15, 0.2) is 0 Å². The highest BCUT2D eigenvalue weighted by molar-refractivity contribution is 5.76. The largest absolute Gasteiger partial charge is 0.394 e. The summed E-state index contributed by atoms with van der Waals surface area (Å²) in [5.41, 5.74) is 5.03. The minimum atomic E-state index is -0.288. The number of amides is 1. The molecule has 0 spiro atoms. The fraction of sp³-hybridized carbons (Fsp3) is 0.917. The van der Waals surface area contributed by atoms with Crippen LogP contribution < -0.4 is 11.1 Å². The topological polar surface area (TPSA) is 75.3 Å². The highest BCUT2D eigenvalue weighted by Gasteiger charge is 2.34. The summed E-state index contributed by atoms with van der Waals surface area (Å²) in [6.45, 7) is 4.72. The van der Waals surface area contributed by atoms with Gasteiger partial charge in [0.05, 0.1) is 6.61 Å². The predicted molar refractivity (Wildman–Crippen MR) is 63.8 cm³/mol. The van der Waals surface area contributed by atoms with Crippen LogP contribution in [0.1, 0.15) is 39.5 Å². The van der Waals surface area contributed by atoms with Crippen molar-refractivity contribution >= 4 is 5.91 Å². The van der Waals surface area contributed by atoms with E-state index in [1.165, 1.54) is 6.42 Å². The Morgan fingerprint density at radius 3 is 2.88 bits per heavy atom. The molecule has 0 aromatic rings. The first kappa shape index (κ1) is 13.5. The van der Waals surface area contributed by atoms with E-state index in [1.807, 2.05) is 6.92 Å². The Balaban J connectivity index is 2.49. The monoisotopic (exact) mass is 228 g/mol. The molecule has 4 heteroatoms. The van der Waals surface area contributed by atoms with Crippen LogP contribution in [0.5, 0.6) is 0 Å². The SMILES string of the molecule is CC1CCCC(CO)(NCC(C)C(N)=O)C1. The fourth-order valence-corrected chi connectivity index (χ4v) is 2.49. The maximum Gasteiger partial charge on any atom is 0.221 e. The lowest BCUT2D eigenvalue weighted by atomic mass is 9.76. The van der Waals surface area contributed by atoms with Crippen LogP contribution >= 0.6 is 0 Å². The normalized spacial score (nSPS) is 32.3. The van der Waals surface area contributed by atoms with Crippen molar-refractivity contribution in [2.75, 3.05) is 13.2 Å². The average Bonchev–Trinajstić information content (AvgIpc) is 2.26. The highest BCUT2D eigenvalue weighted by atomic mass is 16.3. The second kappa shape index (κ2) is 5.64. The molecule has 1 amide bonds. The van der Waals surface area contributed by atoms with Crippen LogP contribution in [0.2, 0.25) is 0 Å². The van der Waals surface area contributed by atoms with Crippen molar-refractivity contribution in [1.82, 2.24) is 5.32 Å². The highest BCUT2D eigenvalue weighted by Crippen LogP contribution is 2.31. The summed E-state index contributed by atoms with van der Waals surface area (Å²) < 4.78 is 0. The van der Waals surface area contributed by atoms with Gasteiger partial charge < -0.3 is 16.2 Å². The van der Waals surface area contributed by atoms with Crippen LogP contribution in [0.3, 0.4) is 0 Å².